The lowest BCUT2D eigenvalue weighted by atomic mass is 10.00. The SMILES string of the molecule is CCCCc1ccc(C(NC)c2sccc2C)cc1. The van der Waals surface area contributed by atoms with E-state index in [9.17, 15) is 0 Å². The highest BCUT2D eigenvalue weighted by atomic mass is 32.1. The zero-order valence-corrected chi connectivity index (χ0v) is 12.9. The predicted octanol–water partition coefficient (Wildman–Crippen LogP) is 4.71. The lowest BCUT2D eigenvalue weighted by Gasteiger charge is -2.17. The average Bonchev–Trinajstić information content (AvgIpc) is 2.85. The molecule has 1 nitrogen and oxygen atoms in total. The maximum atomic E-state index is 3.43. The summed E-state index contributed by atoms with van der Waals surface area (Å²) in [6, 6.07) is 11.6. The highest BCUT2D eigenvalue weighted by Crippen LogP contribution is 2.29. The molecule has 0 spiro atoms. The third-order valence-electron chi connectivity index (χ3n) is 3.58. The zero-order chi connectivity index (χ0) is 13.7. The van der Waals surface area contributed by atoms with E-state index in [1.165, 1.54) is 40.8 Å². The molecule has 0 aliphatic rings. The van der Waals surface area contributed by atoms with E-state index < -0.39 is 0 Å². The molecule has 0 amide bonds. The Bertz CT molecular complexity index is 498. The van der Waals surface area contributed by atoms with Crippen molar-refractivity contribution in [2.24, 2.45) is 0 Å². The van der Waals surface area contributed by atoms with E-state index in [-0.39, 0.29) is 0 Å². The first-order valence-electron chi connectivity index (χ1n) is 7.06. The van der Waals surface area contributed by atoms with Crippen molar-refractivity contribution in [2.45, 2.75) is 39.2 Å². The summed E-state index contributed by atoms with van der Waals surface area (Å²) in [5, 5.41) is 5.61. The summed E-state index contributed by atoms with van der Waals surface area (Å²) in [7, 11) is 2.04. The number of hydrogen-bond acceptors (Lipinski definition) is 2. The summed E-state index contributed by atoms with van der Waals surface area (Å²) < 4.78 is 0. The van der Waals surface area contributed by atoms with Crippen molar-refractivity contribution >= 4 is 11.3 Å². The Hall–Kier alpha value is -1.12. The van der Waals surface area contributed by atoms with Crippen LogP contribution in [-0.2, 0) is 6.42 Å². The number of aryl methyl sites for hydroxylation is 2. The van der Waals surface area contributed by atoms with Gasteiger partial charge in [-0.15, -0.1) is 11.3 Å². The second-order valence-corrected chi connectivity index (χ2v) is 5.98. The minimum absolute atomic E-state index is 0.320. The molecule has 1 N–H and O–H groups in total. The summed E-state index contributed by atoms with van der Waals surface area (Å²) in [5.74, 6) is 0. The maximum Gasteiger partial charge on any atom is 0.0671 e. The Morgan fingerprint density at radius 2 is 1.89 bits per heavy atom. The van der Waals surface area contributed by atoms with Crippen LogP contribution in [0.3, 0.4) is 0 Å². The fourth-order valence-corrected chi connectivity index (χ4v) is 3.45. The van der Waals surface area contributed by atoms with Gasteiger partial charge in [0.1, 0.15) is 0 Å². The van der Waals surface area contributed by atoms with Gasteiger partial charge in [-0.25, -0.2) is 0 Å². The van der Waals surface area contributed by atoms with Crippen molar-refractivity contribution < 1.29 is 0 Å². The lowest BCUT2D eigenvalue weighted by Crippen LogP contribution is -2.17. The monoisotopic (exact) mass is 273 g/mol. The number of benzene rings is 1. The number of nitrogens with one attached hydrogen (secondary N) is 1. The van der Waals surface area contributed by atoms with Gasteiger partial charge < -0.3 is 5.32 Å². The summed E-state index contributed by atoms with van der Waals surface area (Å²) in [4.78, 5) is 1.42. The second-order valence-electron chi connectivity index (χ2n) is 5.03. The second kappa shape index (κ2) is 6.88. The number of thiophene rings is 1. The van der Waals surface area contributed by atoms with Gasteiger partial charge in [0.25, 0.3) is 0 Å². The van der Waals surface area contributed by atoms with Crippen molar-refractivity contribution in [3.63, 3.8) is 0 Å². The third kappa shape index (κ3) is 3.46. The Balaban J connectivity index is 2.18. The van der Waals surface area contributed by atoms with Gasteiger partial charge in [0, 0.05) is 4.88 Å². The highest BCUT2D eigenvalue weighted by molar-refractivity contribution is 7.10. The molecule has 0 saturated carbocycles. The number of unbranched alkanes of at least 4 members (excludes halogenated alkanes) is 1. The van der Waals surface area contributed by atoms with Gasteiger partial charge in [-0.05, 0) is 54.9 Å². The van der Waals surface area contributed by atoms with Gasteiger partial charge in [0.05, 0.1) is 6.04 Å². The maximum absolute atomic E-state index is 3.43. The molecule has 19 heavy (non-hydrogen) atoms. The first kappa shape index (κ1) is 14.3. The normalized spacial score (nSPS) is 12.6. The zero-order valence-electron chi connectivity index (χ0n) is 12.1. The van der Waals surface area contributed by atoms with Crippen LogP contribution in [-0.4, -0.2) is 7.05 Å². The largest absolute Gasteiger partial charge is 0.309 e. The quantitative estimate of drug-likeness (QED) is 0.804. The molecule has 1 unspecified atom stereocenters. The van der Waals surface area contributed by atoms with E-state index in [4.69, 9.17) is 0 Å². The van der Waals surface area contributed by atoms with E-state index in [0.29, 0.717) is 6.04 Å². The molecule has 0 aliphatic carbocycles. The van der Waals surface area contributed by atoms with Crippen LogP contribution in [0.1, 0.15) is 47.4 Å². The van der Waals surface area contributed by atoms with Gasteiger partial charge in [-0.2, -0.15) is 0 Å². The molecule has 2 rings (SSSR count). The van der Waals surface area contributed by atoms with Crippen LogP contribution in [0.25, 0.3) is 0 Å². The fraction of sp³-hybridized carbons (Fsp3) is 0.412. The molecule has 1 heterocycles. The van der Waals surface area contributed by atoms with Crippen LogP contribution in [0.2, 0.25) is 0 Å². The molecule has 1 atom stereocenters. The van der Waals surface area contributed by atoms with Gasteiger partial charge in [-0.1, -0.05) is 37.6 Å². The molecule has 1 aromatic heterocycles. The smallest absolute Gasteiger partial charge is 0.0671 e. The summed E-state index contributed by atoms with van der Waals surface area (Å²) >= 11 is 1.83. The molecular weight excluding hydrogens is 250 g/mol. The first-order valence-corrected chi connectivity index (χ1v) is 7.94. The third-order valence-corrected chi connectivity index (χ3v) is 4.67. The average molecular weight is 273 g/mol. The summed E-state index contributed by atoms with van der Waals surface area (Å²) in [6.07, 6.45) is 3.73. The van der Waals surface area contributed by atoms with Gasteiger partial charge >= 0.3 is 0 Å². The van der Waals surface area contributed by atoms with Crippen molar-refractivity contribution in [1.82, 2.24) is 5.32 Å². The minimum atomic E-state index is 0.320. The number of hydrogen-bond donors (Lipinski definition) is 1. The molecule has 1 aromatic carbocycles. The minimum Gasteiger partial charge on any atom is -0.309 e. The van der Waals surface area contributed by atoms with Gasteiger partial charge in [0.2, 0.25) is 0 Å². The molecule has 0 aliphatic heterocycles. The molecule has 0 bridgehead atoms. The molecule has 0 fully saturated rings. The Morgan fingerprint density at radius 1 is 1.16 bits per heavy atom. The highest BCUT2D eigenvalue weighted by Gasteiger charge is 2.15. The van der Waals surface area contributed by atoms with E-state index in [2.05, 4.69) is 54.9 Å². The predicted molar refractivity (Wildman–Crippen MR) is 85.0 cm³/mol. The summed E-state index contributed by atoms with van der Waals surface area (Å²) in [5.41, 5.74) is 4.18. The standard InChI is InChI=1S/C17H23NS/c1-4-5-6-14-7-9-15(10-8-14)16(18-3)17-13(2)11-12-19-17/h7-12,16,18H,4-6H2,1-3H3. The fourth-order valence-electron chi connectivity index (χ4n) is 2.39. The van der Waals surface area contributed by atoms with Crippen molar-refractivity contribution in [3.8, 4) is 0 Å². The van der Waals surface area contributed by atoms with E-state index in [1.807, 2.05) is 18.4 Å². The van der Waals surface area contributed by atoms with Crippen molar-refractivity contribution in [3.05, 3.63) is 57.3 Å². The van der Waals surface area contributed by atoms with E-state index >= 15 is 0 Å². The molecule has 0 saturated heterocycles. The van der Waals surface area contributed by atoms with E-state index in [0.717, 1.165) is 0 Å². The lowest BCUT2D eigenvalue weighted by molar-refractivity contribution is 0.699. The topological polar surface area (TPSA) is 12.0 Å². The van der Waals surface area contributed by atoms with Crippen LogP contribution in [0.15, 0.2) is 35.7 Å². The van der Waals surface area contributed by atoms with Crippen LogP contribution in [0, 0.1) is 6.92 Å². The Kier molecular flexibility index (Phi) is 5.17. The number of rotatable bonds is 6. The Morgan fingerprint density at radius 3 is 2.42 bits per heavy atom. The van der Waals surface area contributed by atoms with Crippen LogP contribution in [0.5, 0.6) is 0 Å². The van der Waals surface area contributed by atoms with Crippen LogP contribution >= 0.6 is 11.3 Å². The molecular formula is C17H23NS. The molecule has 102 valence electrons. The van der Waals surface area contributed by atoms with Gasteiger partial charge in [-0.3, -0.25) is 0 Å². The first-order chi connectivity index (χ1) is 9.26. The van der Waals surface area contributed by atoms with Crippen molar-refractivity contribution in [2.75, 3.05) is 7.05 Å². The summed E-state index contributed by atoms with van der Waals surface area (Å²) in [6.45, 7) is 4.43. The molecule has 0 radical (unpaired) electrons. The van der Waals surface area contributed by atoms with Crippen LogP contribution < -0.4 is 5.32 Å². The van der Waals surface area contributed by atoms with E-state index in [1.54, 1.807) is 0 Å². The van der Waals surface area contributed by atoms with Crippen LogP contribution in [0.4, 0.5) is 0 Å². The molecule has 2 aromatic rings. The van der Waals surface area contributed by atoms with Crippen molar-refractivity contribution in [1.29, 1.82) is 0 Å². The Labute approximate surface area is 120 Å². The van der Waals surface area contributed by atoms with Gasteiger partial charge in [0.15, 0.2) is 0 Å². The molecule has 2 heteroatoms.